The molecule has 108 valence electrons. The summed E-state index contributed by atoms with van der Waals surface area (Å²) in [6.07, 6.45) is 11.2. The lowest BCUT2D eigenvalue weighted by Gasteiger charge is -2.27. The number of nitrogens with one attached hydrogen (secondary N) is 1. The van der Waals surface area contributed by atoms with Crippen LogP contribution in [0.5, 0.6) is 0 Å². The largest absolute Gasteiger partial charge is 0.314 e. The van der Waals surface area contributed by atoms with E-state index in [1.165, 1.54) is 71.0 Å². The zero-order valence-electron chi connectivity index (χ0n) is 12.9. The third kappa shape index (κ3) is 7.38. The van der Waals surface area contributed by atoms with Crippen LogP contribution in [0.4, 0.5) is 0 Å². The van der Waals surface area contributed by atoms with E-state index in [1.807, 2.05) is 0 Å². The Morgan fingerprint density at radius 1 is 1.22 bits per heavy atom. The summed E-state index contributed by atoms with van der Waals surface area (Å²) in [4.78, 5) is 2.56. The smallest absolute Gasteiger partial charge is 0.00391 e. The summed E-state index contributed by atoms with van der Waals surface area (Å²) in [6, 6.07) is 0.688. The zero-order chi connectivity index (χ0) is 13.2. The van der Waals surface area contributed by atoms with Gasteiger partial charge in [0.1, 0.15) is 0 Å². The summed E-state index contributed by atoms with van der Waals surface area (Å²) in [7, 11) is 2.30. The average molecular weight is 254 g/mol. The van der Waals surface area contributed by atoms with Gasteiger partial charge < -0.3 is 10.2 Å². The molecule has 1 saturated carbocycles. The van der Waals surface area contributed by atoms with Gasteiger partial charge in [0, 0.05) is 12.6 Å². The van der Waals surface area contributed by atoms with Gasteiger partial charge >= 0.3 is 0 Å². The van der Waals surface area contributed by atoms with Crippen LogP contribution in [-0.2, 0) is 0 Å². The summed E-state index contributed by atoms with van der Waals surface area (Å²) in [5, 5.41) is 3.57. The summed E-state index contributed by atoms with van der Waals surface area (Å²) in [6.45, 7) is 8.32. The standard InChI is InChI=1S/C16H34N2/c1-4-12-17-15(2)9-8-13-18(3)14-16-10-6-5-7-11-16/h15-17H,4-14H2,1-3H3. The van der Waals surface area contributed by atoms with Gasteiger partial charge in [-0.1, -0.05) is 26.2 Å². The first-order chi connectivity index (χ1) is 8.72. The second-order valence-corrected chi connectivity index (χ2v) is 6.26. The molecule has 1 rings (SSSR count). The molecule has 0 aromatic rings. The Bertz CT molecular complexity index is 188. The Labute approximate surface area is 115 Å². The maximum atomic E-state index is 3.57. The molecule has 0 bridgehead atoms. The maximum Gasteiger partial charge on any atom is 0.00391 e. The van der Waals surface area contributed by atoms with Crippen LogP contribution in [0.25, 0.3) is 0 Å². The second kappa shape index (κ2) is 9.80. The van der Waals surface area contributed by atoms with Gasteiger partial charge in [0.15, 0.2) is 0 Å². The molecular weight excluding hydrogens is 220 g/mol. The van der Waals surface area contributed by atoms with Gasteiger partial charge in [-0.25, -0.2) is 0 Å². The molecule has 0 amide bonds. The van der Waals surface area contributed by atoms with E-state index in [0.29, 0.717) is 6.04 Å². The molecule has 2 nitrogen and oxygen atoms in total. The Morgan fingerprint density at radius 3 is 2.61 bits per heavy atom. The molecule has 0 radical (unpaired) electrons. The molecule has 0 aromatic heterocycles. The van der Waals surface area contributed by atoms with E-state index < -0.39 is 0 Å². The van der Waals surface area contributed by atoms with Crippen molar-refractivity contribution in [3.8, 4) is 0 Å². The van der Waals surface area contributed by atoms with E-state index in [9.17, 15) is 0 Å². The maximum absolute atomic E-state index is 3.57. The quantitative estimate of drug-likeness (QED) is 0.675. The summed E-state index contributed by atoms with van der Waals surface area (Å²) in [5.41, 5.74) is 0. The van der Waals surface area contributed by atoms with Crippen LogP contribution in [0, 0.1) is 5.92 Å². The van der Waals surface area contributed by atoms with Crippen molar-refractivity contribution in [1.82, 2.24) is 10.2 Å². The highest BCUT2D eigenvalue weighted by Crippen LogP contribution is 2.24. The Balaban J connectivity index is 2.00. The van der Waals surface area contributed by atoms with Gasteiger partial charge in [-0.2, -0.15) is 0 Å². The molecule has 0 heterocycles. The molecule has 1 aliphatic rings. The summed E-state index contributed by atoms with van der Waals surface area (Å²) in [5.74, 6) is 0.986. The van der Waals surface area contributed by atoms with E-state index in [2.05, 4.69) is 31.1 Å². The van der Waals surface area contributed by atoms with Crippen molar-refractivity contribution in [2.24, 2.45) is 5.92 Å². The minimum atomic E-state index is 0.688. The normalized spacial score (nSPS) is 19.3. The number of rotatable bonds is 9. The molecule has 1 aliphatic carbocycles. The average Bonchev–Trinajstić information content (AvgIpc) is 2.37. The third-order valence-electron chi connectivity index (χ3n) is 4.21. The molecule has 1 atom stereocenters. The first kappa shape index (κ1) is 16.0. The molecule has 1 unspecified atom stereocenters. The fraction of sp³-hybridized carbons (Fsp3) is 1.00. The fourth-order valence-corrected chi connectivity index (χ4v) is 3.06. The van der Waals surface area contributed by atoms with Gasteiger partial charge in [0.05, 0.1) is 0 Å². The molecule has 18 heavy (non-hydrogen) atoms. The topological polar surface area (TPSA) is 15.3 Å². The van der Waals surface area contributed by atoms with Crippen molar-refractivity contribution in [2.45, 2.75) is 71.3 Å². The molecule has 1 fully saturated rings. The number of hydrogen-bond donors (Lipinski definition) is 1. The van der Waals surface area contributed by atoms with Gasteiger partial charge in [-0.15, -0.1) is 0 Å². The Kier molecular flexibility index (Phi) is 8.70. The van der Waals surface area contributed by atoms with Gasteiger partial charge in [-0.05, 0) is 65.1 Å². The highest BCUT2D eigenvalue weighted by Gasteiger charge is 2.15. The highest BCUT2D eigenvalue weighted by molar-refractivity contribution is 4.69. The van der Waals surface area contributed by atoms with Crippen molar-refractivity contribution in [3.05, 3.63) is 0 Å². The predicted molar refractivity (Wildman–Crippen MR) is 81.1 cm³/mol. The molecule has 0 aromatic carbocycles. The van der Waals surface area contributed by atoms with Crippen LogP contribution >= 0.6 is 0 Å². The Hall–Kier alpha value is -0.0800. The first-order valence-corrected chi connectivity index (χ1v) is 8.14. The second-order valence-electron chi connectivity index (χ2n) is 6.26. The lowest BCUT2D eigenvalue weighted by molar-refractivity contribution is 0.228. The first-order valence-electron chi connectivity index (χ1n) is 8.14. The molecule has 1 N–H and O–H groups in total. The van der Waals surface area contributed by atoms with Crippen LogP contribution in [0.1, 0.15) is 65.2 Å². The number of nitrogens with zero attached hydrogens (tertiary/aromatic N) is 1. The lowest BCUT2D eigenvalue weighted by atomic mass is 9.89. The molecule has 0 saturated heterocycles. The SMILES string of the molecule is CCCNC(C)CCCN(C)CC1CCCCC1. The van der Waals surface area contributed by atoms with Crippen molar-refractivity contribution < 1.29 is 0 Å². The van der Waals surface area contributed by atoms with Crippen LogP contribution in [0.15, 0.2) is 0 Å². The lowest BCUT2D eigenvalue weighted by Crippen LogP contribution is -2.30. The van der Waals surface area contributed by atoms with E-state index in [4.69, 9.17) is 0 Å². The van der Waals surface area contributed by atoms with E-state index in [1.54, 1.807) is 0 Å². The third-order valence-corrected chi connectivity index (χ3v) is 4.21. The van der Waals surface area contributed by atoms with E-state index in [-0.39, 0.29) is 0 Å². The Morgan fingerprint density at radius 2 is 1.94 bits per heavy atom. The van der Waals surface area contributed by atoms with E-state index >= 15 is 0 Å². The van der Waals surface area contributed by atoms with Gasteiger partial charge in [0.25, 0.3) is 0 Å². The molecular formula is C16H34N2. The monoisotopic (exact) mass is 254 g/mol. The van der Waals surface area contributed by atoms with Crippen molar-refractivity contribution >= 4 is 0 Å². The minimum absolute atomic E-state index is 0.688. The van der Waals surface area contributed by atoms with E-state index in [0.717, 1.165) is 5.92 Å². The van der Waals surface area contributed by atoms with Crippen LogP contribution in [0.2, 0.25) is 0 Å². The zero-order valence-corrected chi connectivity index (χ0v) is 12.9. The van der Waals surface area contributed by atoms with Gasteiger partial charge in [-0.3, -0.25) is 0 Å². The molecule has 0 spiro atoms. The van der Waals surface area contributed by atoms with Gasteiger partial charge in [0.2, 0.25) is 0 Å². The van der Waals surface area contributed by atoms with Crippen LogP contribution in [0.3, 0.4) is 0 Å². The molecule has 2 heteroatoms. The van der Waals surface area contributed by atoms with Crippen LogP contribution < -0.4 is 5.32 Å². The van der Waals surface area contributed by atoms with Crippen molar-refractivity contribution in [3.63, 3.8) is 0 Å². The number of hydrogen-bond acceptors (Lipinski definition) is 2. The fourth-order valence-electron chi connectivity index (χ4n) is 3.06. The van der Waals surface area contributed by atoms with Crippen LogP contribution in [-0.4, -0.2) is 37.6 Å². The summed E-state index contributed by atoms with van der Waals surface area (Å²) < 4.78 is 0. The highest BCUT2D eigenvalue weighted by atomic mass is 15.1. The molecule has 0 aliphatic heterocycles. The predicted octanol–water partition coefficient (Wildman–Crippen LogP) is 3.67. The minimum Gasteiger partial charge on any atom is -0.314 e. The van der Waals surface area contributed by atoms with Crippen molar-refractivity contribution in [1.29, 1.82) is 0 Å². The van der Waals surface area contributed by atoms with Crippen molar-refractivity contribution in [2.75, 3.05) is 26.7 Å². The summed E-state index contributed by atoms with van der Waals surface area (Å²) >= 11 is 0.